The summed E-state index contributed by atoms with van der Waals surface area (Å²) >= 11 is 5.97. The number of aromatic carboxylic acids is 1. The Balaban J connectivity index is 2.54. The van der Waals surface area contributed by atoms with Crippen molar-refractivity contribution in [2.45, 2.75) is 0 Å². The van der Waals surface area contributed by atoms with Crippen LogP contribution < -0.4 is 4.74 Å². The van der Waals surface area contributed by atoms with Gasteiger partial charge in [0.25, 0.3) is 0 Å². The van der Waals surface area contributed by atoms with E-state index >= 15 is 0 Å². The Morgan fingerprint density at radius 2 is 2.00 bits per heavy atom. The van der Waals surface area contributed by atoms with Crippen molar-refractivity contribution in [1.29, 1.82) is 0 Å². The highest BCUT2D eigenvalue weighted by Gasteiger charge is 2.11. The third-order valence-corrected chi connectivity index (χ3v) is 2.97. The van der Waals surface area contributed by atoms with E-state index in [2.05, 4.69) is 0 Å². The highest BCUT2D eigenvalue weighted by molar-refractivity contribution is 6.32. The average molecular weight is 281 g/mol. The first kappa shape index (κ1) is 13.4. The molecule has 2 rings (SSSR count). The Bertz CT molecular complexity index is 641. The molecule has 3 nitrogen and oxygen atoms in total. The van der Waals surface area contributed by atoms with Gasteiger partial charge < -0.3 is 9.84 Å². The molecular weight excluding hydrogens is 271 g/mol. The fourth-order valence-electron chi connectivity index (χ4n) is 1.71. The molecule has 19 heavy (non-hydrogen) atoms. The maximum atomic E-state index is 13.8. The number of methoxy groups -OCH3 is 1. The van der Waals surface area contributed by atoms with Gasteiger partial charge in [0.2, 0.25) is 0 Å². The molecule has 0 radical (unpaired) electrons. The third kappa shape index (κ3) is 2.69. The van der Waals surface area contributed by atoms with Gasteiger partial charge in [0, 0.05) is 5.56 Å². The predicted octanol–water partition coefficient (Wildman–Crippen LogP) is 3.85. The molecule has 0 amide bonds. The van der Waals surface area contributed by atoms with Gasteiger partial charge in [0.05, 0.1) is 17.7 Å². The molecule has 0 unspecified atom stereocenters. The van der Waals surface area contributed by atoms with Gasteiger partial charge in [0.1, 0.15) is 11.6 Å². The molecule has 0 aromatic heterocycles. The first-order chi connectivity index (χ1) is 9.02. The van der Waals surface area contributed by atoms with Crippen LogP contribution in [0.1, 0.15) is 10.4 Å². The molecule has 2 aromatic carbocycles. The summed E-state index contributed by atoms with van der Waals surface area (Å²) in [6, 6.07) is 8.36. The van der Waals surface area contributed by atoms with Crippen molar-refractivity contribution in [2.75, 3.05) is 7.11 Å². The summed E-state index contributed by atoms with van der Waals surface area (Å²) in [4.78, 5) is 10.9. The summed E-state index contributed by atoms with van der Waals surface area (Å²) in [5, 5.41) is 9.25. The van der Waals surface area contributed by atoms with E-state index in [4.69, 9.17) is 21.4 Å². The van der Waals surface area contributed by atoms with E-state index in [1.54, 1.807) is 12.1 Å². The quantitative estimate of drug-likeness (QED) is 0.929. The maximum Gasteiger partial charge on any atom is 0.335 e. The molecule has 0 saturated carbocycles. The molecule has 0 atom stereocenters. The van der Waals surface area contributed by atoms with Gasteiger partial charge in [-0.2, -0.15) is 0 Å². The predicted molar refractivity (Wildman–Crippen MR) is 70.4 cm³/mol. The van der Waals surface area contributed by atoms with Gasteiger partial charge in [-0.15, -0.1) is 0 Å². The molecule has 0 fully saturated rings. The number of carboxylic acids is 1. The maximum absolute atomic E-state index is 13.8. The van der Waals surface area contributed by atoms with E-state index in [0.717, 1.165) is 6.07 Å². The fourth-order valence-corrected chi connectivity index (χ4v) is 1.97. The molecule has 0 saturated heterocycles. The van der Waals surface area contributed by atoms with Crippen LogP contribution in [0.3, 0.4) is 0 Å². The van der Waals surface area contributed by atoms with Crippen molar-refractivity contribution < 1.29 is 19.0 Å². The number of ether oxygens (including phenoxy) is 1. The first-order valence-corrected chi connectivity index (χ1v) is 5.77. The van der Waals surface area contributed by atoms with E-state index in [0.29, 0.717) is 16.3 Å². The molecular formula is C14H10ClFO3. The van der Waals surface area contributed by atoms with Crippen molar-refractivity contribution in [3.63, 3.8) is 0 Å². The minimum atomic E-state index is -1.11. The Kier molecular flexibility index (Phi) is 3.71. The van der Waals surface area contributed by atoms with E-state index in [1.807, 2.05) is 0 Å². The summed E-state index contributed by atoms with van der Waals surface area (Å²) in [6.45, 7) is 0. The second kappa shape index (κ2) is 5.28. The van der Waals surface area contributed by atoms with Gasteiger partial charge >= 0.3 is 5.97 Å². The smallest absolute Gasteiger partial charge is 0.335 e. The summed E-state index contributed by atoms with van der Waals surface area (Å²) < 4.78 is 18.8. The van der Waals surface area contributed by atoms with E-state index in [-0.39, 0.29) is 11.1 Å². The van der Waals surface area contributed by atoms with E-state index in [9.17, 15) is 9.18 Å². The second-order valence-electron chi connectivity index (χ2n) is 3.85. The zero-order valence-corrected chi connectivity index (χ0v) is 10.7. The lowest BCUT2D eigenvalue weighted by Gasteiger charge is -2.08. The zero-order valence-electron chi connectivity index (χ0n) is 9.98. The Morgan fingerprint density at radius 1 is 1.26 bits per heavy atom. The van der Waals surface area contributed by atoms with Crippen molar-refractivity contribution >= 4 is 17.6 Å². The lowest BCUT2D eigenvalue weighted by Crippen LogP contribution is -1.97. The summed E-state index contributed by atoms with van der Waals surface area (Å²) in [6.07, 6.45) is 0. The molecule has 0 spiro atoms. The average Bonchev–Trinajstić information content (AvgIpc) is 2.38. The molecule has 5 heteroatoms. The van der Waals surface area contributed by atoms with Crippen LogP contribution in [0.25, 0.3) is 11.1 Å². The number of hydrogen-bond acceptors (Lipinski definition) is 2. The lowest BCUT2D eigenvalue weighted by atomic mass is 10.0. The molecule has 1 N–H and O–H groups in total. The molecule has 0 aliphatic carbocycles. The van der Waals surface area contributed by atoms with Crippen LogP contribution in [0, 0.1) is 5.82 Å². The Labute approximate surface area is 114 Å². The largest absolute Gasteiger partial charge is 0.495 e. The molecule has 0 heterocycles. The van der Waals surface area contributed by atoms with Crippen LogP contribution in [-0.2, 0) is 0 Å². The van der Waals surface area contributed by atoms with Crippen molar-refractivity contribution in [3.05, 3.63) is 52.8 Å². The van der Waals surface area contributed by atoms with Gasteiger partial charge in [-0.3, -0.25) is 0 Å². The SMILES string of the molecule is COc1ccc(-c2cc(C(=O)O)ccc2F)cc1Cl. The molecule has 0 aliphatic rings. The molecule has 0 bridgehead atoms. The molecule has 2 aromatic rings. The topological polar surface area (TPSA) is 46.5 Å². The third-order valence-electron chi connectivity index (χ3n) is 2.68. The van der Waals surface area contributed by atoms with Crippen molar-refractivity contribution in [1.82, 2.24) is 0 Å². The monoisotopic (exact) mass is 280 g/mol. The van der Waals surface area contributed by atoms with Crippen LogP contribution in [0.4, 0.5) is 4.39 Å². The van der Waals surface area contributed by atoms with Crippen LogP contribution in [0.2, 0.25) is 5.02 Å². The van der Waals surface area contributed by atoms with Gasteiger partial charge in [-0.25, -0.2) is 9.18 Å². The molecule has 0 aliphatic heterocycles. The van der Waals surface area contributed by atoms with Crippen LogP contribution >= 0.6 is 11.6 Å². The van der Waals surface area contributed by atoms with E-state index < -0.39 is 11.8 Å². The summed E-state index contributed by atoms with van der Waals surface area (Å²) in [7, 11) is 1.48. The normalized spacial score (nSPS) is 10.3. The number of carbonyl (C=O) groups is 1. The number of hydrogen-bond donors (Lipinski definition) is 1. The Morgan fingerprint density at radius 3 is 2.58 bits per heavy atom. The van der Waals surface area contributed by atoms with Crippen LogP contribution in [0.15, 0.2) is 36.4 Å². The summed E-state index contributed by atoms with van der Waals surface area (Å²) in [5.41, 5.74) is 0.694. The second-order valence-corrected chi connectivity index (χ2v) is 4.26. The fraction of sp³-hybridized carbons (Fsp3) is 0.0714. The standard InChI is InChI=1S/C14H10ClFO3/c1-19-13-5-3-8(7-11(13)15)10-6-9(14(17)18)2-4-12(10)16/h2-7H,1H3,(H,17,18). The zero-order chi connectivity index (χ0) is 14.0. The van der Waals surface area contributed by atoms with Gasteiger partial charge in [-0.1, -0.05) is 17.7 Å². The first-order valence-electron chi connectivity index (χ1n) is 5.39. The van der Waals surface area contributed by atoms with Crippen LogP contribution in [0.5, 0.6) is 5.75 Å². The minimum absolute atomic E-state index is 0.0170. The number of carboxylic acid groups (broad SMARTS) is 1. The van der Waals surface area contributed by atoms with Gasteiger partial charge in [0.15, 0.2) is 0 Å². The minimum Gasteiger partial charge on any atom is -0.495 e. The van der Waals surface area contributed by atoms with Crippen molar-refractivity contribution in [3.8, 4) is 16.9 Å². The molecule has 98 valence electrons. The number of rotatable bonds is 3. The van der Waals surface area contributed by atoms with Crippen molar-refractivity contribution in [2.24, 2.45) is 0 Å². The highest BCUT2D eigenvalue weighted by Crippen LogP contribution is 2.31. The number of benzene rings is 2. The summed E-state index contributed by atoms with van der Waals surface area (Å²) in [5.74, 6) is -1.15. The number of halogens is 2. The lowest BCUT2D eigenvalue weighted by molar-refractivity contribution is 0.0697. The Hall–Kier alpha value is -2.07. The highest BCUT2D eigenvalue weighted by atomic mass is 35.5. The van der Waals surface area contributed by atoms with Gasteiger partial charge in [-0.05, 0) is 35.9 Å². The van der Waals surface area contributed by atoms with E-state index in [1.165, 1.54) is 25.3 Å². The van der Waals surface area contributed by atoms with Crippen LogP contribution in [-0.4, -0.2) is 18.2 Å².